The largest absolute Gasteiger partial charge is 0.497 e. The van der Waals surface area contributed by atoms with Crippen LogP contribution in [0.25, 0.3) is 0 Å². The third kappa shape index (κ3) is 2.64. The zero-order chi connectivity index (χ0) is 13.1. The van der Waals surface area contributed by atoms with Crippen LogP contribution < -0.4 is 9.64 Å². The normalized spacial score (nSPS) is 16.6. The van der Waals surface area contributed by atoms with Crippen molar-refractivity contribution in [3.63, 3.8) is 0 Å². The fourth-order valence-corrected chi connectivity index (χ4v) is 3.01. The number of rotatable bonds is 3. The molecular weight excluding hydrogens is 254 g/mol. The first-order valence-electron chi connectivity index (χ1n) is 5.63. The maximum absolute atomic E-state index is 11.3. The van der Waals surface area contributed by atoms with E-state index in [1.807, 2.05) is 4.90 Å². The average molecular weight is 269 g/mol. The van der Waals surface area contributed by atoms with Gasteiger partial charge in [-0.1, -0.05) is 0 Å². The van der Waals surface area contributed by atoms with Gasteiger partial charge in [-0.25, -0.2) is 4.79 Å². The third-order valence-corrected chi connectivity index (χ3v) is 4.23. The Labute approximate surface area is 108 Å². The first-order chi connectivity index (χ1) is 8.61. The molecule has 0 unspecified atom stereocenters. The average Bonchev–Trinajstić information content (AvgIpc) is 2.38. The van der Waals surface area contributed by atoms with Gasteiger partial charge in [0, 0.05) is 41.5 Å². The van der Waals surface area contributed by atoms with Crippen molar-refractivity contribution in [2.24, 2.45) is 0 Å². The topological polar surface area (TPSA) is 66.8 Å². The van der Waals surface area contributed by atoms with Gasteiger partial charge in [-0.3, -0.25) is 4.21 Å². The molecule has 98 valence electrons. The lowest BCUT2D eigenvalue weighted by atomic mass is 10.1. The molecule has 0 atom stereocenters. The van der Waals surface area contributed by atoms with E-state index in [9.17, 15) is 14.1 Å². The Balaban J connectivity index is 2.34. The van der Waals surface area contributed by atoms with Crippen LogP contribution in [0.15, 0.2) is 18.2 Å². The first-order valence-corrected chi connectivity index (χ1v) is 7.12. The number of carboxylic acid groups (broad SMARTS) is 1. The molecule has 0 aliphatic carbocycles. The van der Waals surface area contributed by atoms with Gasteiger partial charge in [0.15, 0.2) is 0 Å². The number of aromatic carboxylic acids is 1. The van der Waals surface area contributed by atoms with E-state index in [4.69, 9.17) is 4.74 Å². The molecule has 1 fully saturated rings. The number of ether oxygens (including phenoxy) is 1. The molecule has 0 aromatic heterocycles. The van der Waals surface area contributed by atoms with E-state index in [1.165, 1.54) is 0 Å². The second-order valence-corrected chi connectivity index (χ2v) is 5.72. The number of benzene rings is 1. The van der Waals surface area contributed by atoms with Gasteiger partial charge >= 0.3 is 5.97 Å². The van der Waals surface area contributed by atoms with Crippen LogP contribution >= 0.6 is 0 Å². The molecule has 1 saturated heterocycles. The molecule has 2 rings (SSSR count). The Morgan fingerprint density at radius 1 is 1.39 bits per heavy atom. The van der Waals surface area contributed by atoms with E-state index < -0.39 is 16.8 Å². The molecule has 1 aromatic carbocycles. The van der Waals surface area contributed by atoms with E-state index >= 15 is 0 Å². The molecule has 1 aliphatic heterocycles. The van der Waals surface area contributed by atoms with Crippen molar-refractivity contribution in [1.29, 1.82) is 0 Å². The predicted molar refractivity (Wildman–Crippen MR) is 70.0 cm³/mol. The van der Waals surface area contributed by atoms with Crippen molar-refractivity contribution in [1.82, 2.24) is 0 Å². The summed E-state index contributed by atoms with van der Waals surface area (Å²) in [5.41, 5.74) is 0.891. The minimum absolute atomic E-state index is 0.253. The summed E-state index contributed by atoms with van der Waals surface area (Å²) >= 11 is 0. The van der Waals surface area contributed by atoms with Gasteiger partial charge in [0.2, 0.25) is 0 Å². The number of carbonyl (C=O) groups is 1. The van der Waals surface area contributed by atoms with E-state index in [0.717, 1.165) is 0 Å². The molecule has 1 heterocycles. The minimum atomic E-state index is -0.959. The van der Waals surface area contributed by atoms with Crippen LogP contribution in [0.2, 0.25) is 0 Å². The van der Waals surface area contributed by atoms with E-state index in [-0.39, 0.29) is 5.56 Å². The standard InChI is InChI=1S/C12H15NO4S/c1-17-9-2-3-10(12(14)15)11(8-9)13-4-6-18(16)7-5-13/h2-3,8H,4-7H2,1H3,(H,14,15). The lowest BCUT2D eigenvalue weighted by Gasteiger charge is -2.29. The summed E-state index contributed by atoms with van der Waals surface area (Å²) < 4.78 is 16.4. The fraction of sp³-hybridized carbons (Fsp3) is 0.417. The molecule has 0 spiro atoms. The molecular formula is C12H15NO4S. The predicted octanol–water partition coefficient (Wildman–Crippen LogP) is 0.962. The summed E-state index contributed by atoms with van der Waals surface area (Å²) in [7, 11) is 0.767. The molecule has 0 radical (unpaired) electrons. The minimum Gasteiger partial charge on any atom is -0.497 e. The molecule has 6 heteroatoms. The highest BCUT2D eigenvalue weighted by Crippen LogP contribution is 2.27. The Morgan fingerprint density at radius 2 is 2.06 bits per heavy atom. The highest BCUT2D eigenvalue weighted by atomic mass is 32.2. The highest BCUT2D eigenvalue weighted by Gasteiger charge is 2.21. The zero-order valence-electron chi connectivity index (χ0n) is 10.1. The van der Waals surface area contributed by atoms with Gasteiger partial charge in [0.25, 0.3) is 0 Å². The molecule has 0 bridgehead atoms. The van der Waals surface area contributed by atoms with Crippen LogP contribution in [0.1, 0.15) is 10.4 Å². The molecule has 0 saturated carbocycles. The second-order valence-electron chi connectivity index (χ2n) is 4.02. The molecule has 18 heavy (non-hydrogen) atoms. The molecule has 1 aromatic rings. The smallest absolute Gasteiger partial charge is 0.337 e. The monoisotopic (exact) mass is 269 g/mol. The van der Waals surface area contributed by atoms with E-state index in [2.05, 4.69) is 0 Å². The van der Waals surface area contributed by atoms with Crippen LogP contribution in [0.5, 0.6) is 5.75 Å². The van der Waals surface area contributed by atoms with E-state index in [1.54, 1.807) is 25.3 Å². The fourth-order valence-electron chi connectivity index (χ4n) is 1.96. The zero-order valence-corrected chi connectivity index (χ0v) is 10.9. The maximum atomic E-state index is 11.3. The van der Waals surface area contributed by atoms with Crippen LogP contribution in [-0.4, -0.2) is 47.0 Å². The van der Waals surface area contributed by atoms with Gasteiger partial charge in [-0.2, -0.15) is 0 Å². The Bertz CT molecular complexity index is 479. The number of anilines is 1. The van der Waals surface area contributed by atoms with Crippen LogP contribution in [0.4, 0.5) is 5.69 Å². The van der Waals surface area contributed by atoms with Crippen molar-refractivity contribution in [2.75, 3.05) is 36.6 Å². The summed E-state index contributed by atoms with van der Waals surface area (Å²) in [6.07, 6.45) is 0. The molecule has 1 N–H and O–H groups in total. The van der Waals surface area contributed by atoms with Gasteiger partial charge in [0.05, 0.1) is 18.4 Å². The molecule has 1 aliphatic rings. The van der Waals surface area contributed by atoms with Crippen molar-refractivity contribution < 1.29 is 18.8 Å². The van der Waals surface area contributed by atoms with Gasteiger partial charge in [-0.05, 0) is 12.1 Å². The van der Waals surface area contributed by atoms with Crippen molar-refractivity contribution in [3.05, 3.63) is 23.8 Å². The summed E-state index contributed by atoms with van der Waals surface area (Å²) in [4.78, 5) is 13.2. The van der Waals surface area contributed by atoms with Crippen molar-refractivity contribution in [3.8, 4) is 5.75 Å². The van der Waals surface area contributed by atoms with Gasteiger partial charge in [0.1, 0.15) is 5.75 Å². The quantitative estimate of drug-likeness (QED) is 0.885. The van der Waals surface area contributed by atoms with Crippen LogP contribution in [0.3, 0.4) is 0 Å². The highest BCUT2D eigenvalue weighted by molar-refractivity contribution is 7.85. The molecule has 5 nitrogen and oxygen atoms in total. The summed E-state index contributed by atoms with van der Waals surface area (Å²) in [6.45, 7) is 1.22. The SMILES string of the molecule is COc1ccc(C(=O)O)c(N2CCS(=O)CC2)c1. The summed E-state index contributed by atoms with van der Waals surface area (Å²) in [5, 5.41) is 9.18. The van der Waals surface area contributed by atoms with Crippen molar-refractivity contribution >= 4 is 22.5 Å². The van der Waals surface area contributed by atoms with Gasteiger partial charge in [-0.15, -0.1) is 0 Å². The number of methoxy groups -OCH3 is 1. The first kappa shape index (κ1) is 12.9. The molecule has 0 amide bonds. The third-order valence-electron chi connectivity index (χ3n) is 2.95. The lowest BCUT2D eigenvalue weighted by molar-refractivity contribution is 0.0697. The Kier molecular flexibility index (Phi) is 3.86. The number of hydrogen-bond donors (Lipinski definition) is 1. The summed E-state index contributed by atoms with van der Waals surface area (Å²) in [6, 6.07) is 4.90. The number of hydrogen-bond acceptors (Lipinski definition) is 4. The van der Waals surface area contributed by atoms with Crippen LogP contribution in [0, 0.1) is 0 Å². The second kappa shape index (κ2) is 5.39. The van der Waals surface area contributed by atoms with E-state index in [0.29, 0.717) is 36.0 Å². The van der Waals surface area contributed by atoms with Crippen LogP contribution in [-0.2, 0) is 10.8 Å². The maximum Gasteiger partial charge on any atom is 0.337 e. The van der Waals surface area contributed by atoms with Crippen molar-refractivity contribution in [2.45, 2.75) is 0 Å². The number of carboxylic acids is 1. The Hall–Kier alpha value is -1.56. The Morgan fingerprint density at radius 3 is 2.61 bits per heavy atom. The summed E-state index contributed by atoms with van der Waals surface area (Å²) in [5.74, 6) is 0.827. The lowest BCUT2D eigenvalue weighted by Crippen LogP contribution is -2.38. The van der Waals surface area contributed by atoms with Gasteiger partial charge < -0.3 is 14.7 Å². The number of nitrogens with zero attached hydrogens (tertiary/aromatic N) is 1.